The molecule has 0 aromatic heterocycles. The van der Waals surface area contributed by atoms with E-state index >= 15 is 0 Å². The Bertz CT molecular complexity index is 637. The van der Waals surface area contributed by atoms with E-state index in [-0.39, 0.29) is 18.5 Å². The van der Waals surface area contributed by atoms with Crippen LogP contribution in [0.25, 0.3) is 0 Å². The fourth-order valence-electron chi connectivity index (χ4n) is 2.06. The molecule has 3 nitrogen and oxygen atoms in total. The molecule has 0 aliphatic carbocycles. The number of rotatable bonds is 6. The van der Waals surface area contributed by atoms with Crippen LogP contribution in [0, 0.1) is 17.1 Å². The summed E-state index contributed by atoms with van der Waals surface area (Å²) in [7, 11) is 0. The third-order valence-electron chi connectivity index (χ3n) is 3.21. The molecule has 0 aliphatic heterocycles. The van der Waals surface area contributed by atoms with Crippen molar-refractivity contribution in [3.63, 3.8) is 0 Å². The quantitative estimate of drug-likeness (QED) is 0.882. The molecule has 0 radical (unpaired) electrons. The Balaban J connectivity index is 2.01. The van der Waals surface area contributed by atoms with Gasteiger partial charge in [0.15, 0.2) is 6.61 Å². The van der Waals surface area contributed by atoms with Crippen LogP contribution in [0.2, 0.25) is 0 Å². The second-order valence-electron chi connectivity index (χ2n) is 4.71. The number of nitrogens with one attached hydrogen (secondary N) is 1. The first-order valence-electron chi connectivity index (χ1n) is 6.77. The highest BCUT2D eigenvalue weighted by atomic mass is 19.1. The Kier molecular flexibility index (Phi) is 5.30. The molecule has 0 fully saturated rings. The van der Waals surface area contributed by atoms with Crippen LogP contribution in [0.15, 0.2) is 48.5 Å². The van der Waals surface area contributed by atoms with E-state index in [2.05, 4.69) is 5.32 Å². The minimum Gasteiger partial charge on any atom is -0.478 e. The second-order valence-corrected chi connectivity index (χ2v) is 4.71. The minimum atomic E-state index is -0.237. The van der Waals surface area contributed by atoms with Gasteiger partial charge >= 0.3 is 0 Å². The van der Waals surface area contributed by atoms with E-state index in [1.54, 1.807) is 6.07 Å². The van der Waals surface area contributed by atoms with Gasteiger partial charge in [-0.1, -0.05) is 30.3 Å². The fraction of sp³-hybridized carbons (Fsp3) is 0.235. The summed E-state index contributed by atoms with van der Waals surface area (Å²) in [5.41, 5.74) is 1.86. The van der Waals surface area contributed by atoms with Crippen molar-refractivity contribution in [3.8, 4) is 11.8 Å². The maximum Gasteiger partial charge on any atom is 0.174 e. The topological polar surface area (TPSA) is 45.0 Å². The summed E-state index contributed by atoms with van der Waals surface area (Å²) < 4.78 is 18.6. The molecule has 0 saturated heterocycles. The molecular formula is C17H17FN2O. The average molecular weight is 284 g/mol. The van der Waals surface area contributed by atoms with Crippen LogP contribution in [0.1, 0.15) is 24.1 Å². The average Bonchev–Trinajstić information content (AvgIpc) is 2.51. The van der Waals surface area contributed by atoms with Gasteiger partial charge in [-0.05, 0) is 30.7 Å². The van der Waals surface area contributed by atoms with Gasteiger partial charge in [0.1, 0.15) is 17.6 Å². The van der Waals surface area contributed by atoms with Gasteiger partial charge in [-0.3, -0.25) is 0 Å². The predicted octanol–water partition coefficient (Wildman–Crippen LogP) is 3.58. The first kappa shape index (κ1) is 15.0. The number of halogens is 1. The van der Waals surface area contributed by atoms with Crippen LogP contribution in [0.3, 0.4) is 0 Å². The zero-order valence-corrected chi connectivity index (χ0v) is 11.8. The third kappa shape index (κ3) is 4.30. The molecule has 108 valence electrons. The van der Waals surface area contributed by atoms with Crippen LogP contribution >= 0.6 is 0 Å². The highest BCUT2D eigenvalue weighted by Gasteiger charge is 2.08. The third-order valence-corrected chi connectivity index (χ3v) is 3.21. The number of benzene rings is 2. The molecule has 2 aromatic rings. The Labute approximate surface area is 124 Å². The SMILES string of the molecule is CC(NCc1ccccc1OCC#N)c1cccc(F)c1. The summed E-state index contributed by atoms with van der Waals surface area (Å²) in [6, 6.07) is 16.1. The lowest BCUT2D eigenvalue weighted by atomic mass is 10.1. The lowest BCUT2D eigenvalue weighted by Gasteiger charge is -2.16. The zero-order valence-electron chi connectivity index (χ0n) is 11.8. The summed E-state index contributed by atoms with van der Waals surface area (Å²) in [6.07, 6.45) is 0. The van der Waals surface area contributed by atoms with Crippen molar-refractivity contribution in [2.24, 2.45) is 0 Å². The molecule has 0 spiro atoms. The summed E-state index contributed by atoms with van der Waals surface area (Å²) in [5.74, 6) is 0.455. The van der Waals surface area contributed by atoms with Gasteiger partial charge in [-0.2, -0.15) is 5.26 Å². The molecule has 1 atom stereocenters. The number of para-hydroxylation sites is 1. The Morgan fingerprint density at radius 1 is 1.24 bits per heavy atom. The highest BCUT2D eigenvalue weighted by molar-refractivity contribution is 5.33. The van der Waals surface area contributed by atoms with E-state index in [9.17, 15) is 4.39 Å². The van der Waals surface area contributed by atoms with Crippen LogP contribution < -0.4 is 10.1 Å². The van der Waals surface area contributed by atoms with Crippen molar-refractivity contribution in [3.05, 3.63) is 65.5 Å². The molecule has 21 heavy (non-hydrogen) atoms. The largest absolute Gasteiger partial charge is 0.478 e. The van der Waals surface area contributed by atoms with Gasteiger partial charge in [0.05, 0.1) is 0 Å². The van der Waals surface area contributed by atoms with Crippen molar-refractivity contribution in [1.29, 1.82) is 5.26 Å². The van der Waals surface area contributed by atoms with Gasteiger partial charge in [-0.25, -0.2) is 4.39 Å². The van der Waals surface area contributed by atoms with Crippen molar-refractivity contribution in [1.82, 2.24) is 5.32 Å². The Hall–Kier alpha value is -2.38. The smallest absolute Gasteiger partial charge is 0.174 e. The van der Waals surface area contributed by atoms with E-state index in [1.165, 1.54) is 12.1 Å². The monoisotopic (exact) mass is 284 g/mol. The molecule has 0 saturated carbocycles. The van der Waals surface area contributed by atoms with Gasteiger partial charge in [0.2, 0.25) is 0 Å². The molecule has 1 N–H and O–H groups in total. The summed E-state index contributed by atoms with van der Waals surface area (Å²) >= 11 is 0. The maximum atomic E-state index is 13.2. The van der Waals surface area contributed by atoms with Crippen LogP contribution in [-0.4, -0.2) is 6.61 Å². The van der Waals surface area contributed by atoms with Crippen molar-refractivity contribution >= 4 is 0 Å². The predicted molar refractivity (Wildman–Crippen MR) is 79.2 cm³/mol. The molecule has 0 heterocycles. The summed E-state index contributed by atoms with van der Waals surface area (Å²) in [6.45, 7) is 2.59. The number of ether oxygens (including phenoxy) is 1. The van der Waals surface area contributed by atoms with Crippen molar-refractivity contribution in [2.75, 3.05) is 6.61 Å². The van der Waals surface area contributed by atoms with E-state index < -0.39 is 0 Å². The summed E-state index contributed by atoms with van der Waals surface area (Å²) in [4.78, 5) is 0. The van der Waals surface area contributed by atoms with Crippen LogP contribution in [0.5, 0.6) is 5.75 Å². The Morgan fingerprint density at radius 3 is 2.81 bits per heavy atom. The van der Waals surface area contributed by atoms with Crippen molar-refractivity contribution < 1.29 is 9.13 Å². The van der Waals surface area contributed by atoms with E-state index in [0.29, 0.717) is 12.3 Å². The first-order valence-corrected chi connectivity index (χ1v) is 6.77. The van der Waals surface area contributed by atoms with E-state index in [0.717, 1.165) is 11.1 Å². The van der Waals surface area contributed by atoms with Crippen molar-refractivity contribution in [2.45, 2.75) is 19.5 Å². The standard InChI is InChI=1S/C17H17FN2O/c1-13(14-6-4-7-16(18)11-14)20-12-15-5-2-3-8-17(15)21-10-9-19/h2-8,11,13,20H,10,12H2,1H3. The molecule has 4 heteroatoms. The number of hydrogen-bond donors (Lipinski definition) is 1. The number of nitrogens with zero attached hydrogens (tertiary/aromatic N) is 1. The molecular weight excluding hydrogens is 267 g/mol. The van der Waals surface area contributed by atoms with Crippen LogP contribution in [-0.2, 0) is 6.54 Å². The Morgan fingerprint density at radius 2 is 2.05 bits per heavy atom. The lowest BCUT2D eigenvalue weighted by Crippen LogP contribution is -2.18. The lowest BCUT2D eigenvalue weighted by molar-refractivity contribution is 0.361. The molecule has 2 rings (SSSR count). The van der Waals surface area contributed by atoms with Gasteiger partial charge < -0.3 is 10.1 Å². The van der Waals surface area contributed by atoms with E-state index in [1.807, 2.05) is 43.3 Å². The van der Waals surface area contributed by atoms with Gasteiger partial charge in [-0.15, -0.1) is 0 Å². The van der Waals surface area contributed by atoms with Gasteiger partial charge in [0.25, 0.3) is 0 Å². The highest BCUT2D eigenvalue weighted by Crippen LogP contribution is 2.20. The zero-order chi connectivity index (χ0) is 15.1. The molecule has 0 amide bonds. The number of nitriles is 1. The minimum absolute atomic E-state index is 0.0183. The summed E-state index contributed by atoms with van der Waals surface area (Å²) in [5, 5.41) is 11.9. The molecule has 1 unspecified atom stereocenters. The maximum absolute atomic E-state index is 13.2. The molecule has 0 aliphatic rings. The second kappa shape index (κ2) is 7.41. The first-order chi connectivity index (χ1) is 10.2. The molecule has 2 aromatic carbocycles. The number of hydrogen-bond acceptors (Lipinski definition) is 3. The van der Waals surface area contributed by atoms with Crippen LogP contribution in [0.4, 0.5) is 4.39 Å². The molecule has 0 bridgehead atoms. The fourth-order valence-corrected chi connectivity index (χ4v) is 2.06. The normalized spacial score (nSPS) is 11.7. The van der Waals surface area contributed by atoms with Gasteiger partial charge in [0, 0.05) is 18.2 Å². The van der Waals surface area contributed by atoms with E-state index in [4.69, 9.17) is 10.00 Å².